The van der Waals surface area contributed by atoms with Crippen LogP contribution in [0, 0.1) is 0 Å². The average Bonchev–Trinajstić information content (AvgIpc) is 2.77. The molecule has 0 saturated heterocycles. The first-order chi connectivity index (χ1) is 8.16. The summed E-state index contributed by atoms with van der Waals surface area (Å²) < 4.78 is 10.1. The topological polar surface area (TPSA) is 117 Å². The van der Waals surface area contributed by atoms with Gasteiger partial charge in [-0.25, -0.2) is 0 Å². The molecule has 1 amide bonds. The lowest BCUT2D eigenvalue weighted by atomic mass is 10.3. The summed E-state index contributed by atoms with van der Waals surface area (Å²) in [6.45, 7) is 0.0223. The predicted octanol–water partition coefficient (Wildman–Crippen LogP) is 0.330. The molecule has 0 radical (unpaired) electrons. The van der Waals surface area contributed by atoms with Crippen LogP contribution < -0.4 is 16.2 Å². The molecule has 1 aromatic heterocycles. The maximum absolute atomic E-state index is 10.7. The SMILES string of the molecule is NC(=O)c1noc(COc2ccccc2N)n1. The van der Waals surface area contributed by atoms with Gasteiger partial charge in [0.1, 0.15) is 5.75 Å². The van der Waals surface area contributed by atoms with Gasteiger partial charge in [-0.2, -0.15) is 4.98 Å². The van der Waals surface area contributed by atoms with Crippen LogP contribution in [0.5, 0.6) is 5.75 Å². The van der Waals surface area contributed by atoms with E-state index < -0.39 is 5.91 Å². The number of nitrogens with zero attached hydrogens (tertiary/aromatic N) is 2. The van der Waals surface area contributed by atoms with Gasteiger partial charge < -0.3 is 20.7 Å². The third kappa shape index (κ3) is 2.51. The molecule has 2 aromatic rings. The monoisotopic (exact) mass is 234 g/mol. The van der Waals surface area contributed by atoms with Gasteiger partial charge in [0.2, 0.25) is 0 Å². The first kappa shape index (κ1) is 10.9. The van der Waals surface area contributed by atoms with E-state index in [2.05, 4.69) is 10.1 Å². The molecule has 7 heteroatoms. The molecule has 0 unspecified atom stereocenters. The second-order valence-electron chi connectivity index (χ2n) is 3.20. The number of carbonyl (C=O) groups excluding carboxylic acids is 1. The Morgan fingerprint density at radius 3 is 2.82 bits per heavy atom. The number of carbonyl (C=O) groups is 1. The molecule has 2 rings (SSSR count). The molecule has 88 valence electrons. The third-order valence-electron chi connectivity index (χ3n) is 1.96. The molecule has 0 aliphatic carbocycles. The van der Waals surface area contributed by atoms with Crippen molar-refractivity contribution < 1.29 is 14.1 Å². The van der Waals surface area contributed by atoms with Crippen LogP contribution in [0.4, 0.5) is 5.69 Å². The summed E-state index contributed by atoms with van der Waals surface area (Å²) in [5.74, 6) is -0.266. The molecule has 1 heterocycles. The van der Waals surface area contributed by atoms with Crippen molar-refractivity contribution in [2.24, 2.45) is 5.73 Å². The van der Waals surface area contributed by atoms with Crippen molar-refractivity contribution in [2.75, 3.05) is 5.73 Å². The molecule has 0 aliphatic heterocycles. The Hall–Kier alpha value is -2.57. The summed E-state index contributed by atoms with van der Waals surface area (Å²) in [5, 5.41) is 3.38. The van der Waals surface area contributed by atoms with E-state index in [1.165, 1.54) is 0 Å². The zero-order valence-corrected chi connectivity index (χ0v) is 8.79. The van der Waals surface area contributed by atoms with Crippen molar-refractivity contribution in [1.29, 1.82) is 0 Å². The van der Waals surface area contributed by atoms with Gasteiger partial charge in [-0.1, -0.05) is 17.3 Å². The minimum atomic E-state index is -0.751. The Balaban J connectivity index is 2.02. The second kappa shape index (κ2) is 4.52. The second-order valence-corrected chi connectivity index (χ2v) is 3.20. The number of benzene rings is 1. The lowest BCUT2D eigenvalue weighted by Gasteiger charge is -2.05. The zero-order chi connectivity index (χ0) is 12.3. The highest BCUT2D eigenvalue weighted by atomic mass is 16.5. The fourth-order valence-electron chi connectivity index (χ4n) is 1.17. The quantitative estimate of drug-likeness (QED) is 0.736. The van der Waals surface area contributed by atoms with E-state index in [9.17, 15) is 4.79 Å². The number of hydrogen-bond acceptors (Lipinski definition) is 6. The summed E-state index contributed by atoms with van der Waals surface area (Å²) in [6.07, 6.45) is 0. The summed E-state index contributed by atoms with van der Waals surface area (Å²) in [5.41, 5.74) is 11.1. The number of nitrogen functional groups attached to an aromatic ring is 1. The molecule has 1 aromatic carbocycles. The minimum Gasteiger partial charge on any atom is -0.482 e. The van der Waals surface area contributed by atoms with Gasteiger partial charge in [0.25, 0.3) is 17.6 Å². The number of para-hydroxylation sites is 2. The van der Waals surface area contributed by atoms with Gasteiger partial charge in [-0.15, -0.1) is 0 Å². The van der Waals surface area contributed by atoms with Crippen LogP contribution >= 0.6 is 0 Å². The minimum absolute atomic E-state index is 0.0223. The van der Waals surface area contributed by atoms with Gasteiger partial charge >= 0.3 is 0 Å². The Kier molecular flexibility index (Phi) is 2.91. The summed E-state index contributed by atoms with van der Waals surface area (Å²) in [4.78, 5) is 14.5. The number of ether oxygens (including phenoxy) is 1. The van der Waals surface area contributed by atoms with Crippen molar-refractivity contribution in [3.8, 4) is 5.75 Å². The standard InChI is InChI=1S/C10H10N4O3/c11-6-3-1-2-4-7(6)16-5-8-13-10(9(12)15)14-17-8/h1-4H,5,11H2,(H2,12,15). The van der Waals surface area contributed by atoms with Crippen LogP contribution in [-0.4, -0.2) is 16.0 Å². The van der Waals surface area contributed by atoms with E-state index in [1.54, 1.807) is 24.3 Å². The van der Waals surface area contributed by atoms with Crippen LogP contribution in [0.1, 0.15) is 16.5 Å². The van der Waals surface area contributed by atoms with Crippen molar-refractivity contribution >= 4 is 11.6 Å². The van der Waals surface area contributed by atoms with E-state index in [4.69, 9.17) is 20.7 Å². The molecule has 0 atom stereocenters. The molecule has 0 spiro atoms. The lowest BCUT2D eigenvalue weighted by molar-refractivity contribution is 0.0987. The third-order valence-corrected chi connectivity index (χ3v) is 1.96. The highest BCUT2D eigenvalue weighted by Crippen LogP contribution is 2.20. The van der Waals surface area contributed by atoms with Gasteiger partial charge in [-0.3, -0.25) is 4.79 Å². The van der Waals surface area contributed by atoms with E-state index >= 15 is 0 Å². The van der Waals surface area contributed by atoms with Gasteiger partial charge in [0.05, 0.1) is 5.69 Å². The van der Waals surface area contributed by atoms with Crippen molar-refractivity contribution in [3.05, 3.63) is 36.0 Å². The van der Waals surface area contributed by atoms with Crippen LogP contribution in [-0.2, 0) is 6.61 Å². The molecular formula is C10H10N4O3. The van der Waals surface area contributed by atoms with Crippen molar-refractivity contribution in [3.63, 3.8) is 0 Å². The first-order valence-corrected chi connectivity index (χ1v) is 4.76. The number of nitrogens with two attached hydrogens (primary N) is 2. The number of anilines is 1. The molecule has 0 saturated carbocycles. The molecule has 0 aliphatic rings. The van der Waals surface area contributed by atoms with Crippen LogP contribution in [0.2, 0.25) is 0 Å². The fraction of sp³-hybridized carbons (Fsp3) is 0.100. The highest BCUT2D eigenvalue weighted by molar-refractivity contribution is 5.88. The van der Waals surface area contributed by atoms with Gasteiger partial charge in [-0.05, 0) is 12.1 Å². The van der Waals surface area contributed by atoms with Gasteiger partial charge in [0, 0.05) is 0 Å². The Bertz CT molecular complexity index is 538. The van der Waals surface area contributed by atoms with E-state index in [1.807, 2.05) is 0 Å². The molecule has 0 bridgehead atoms. The summed E-state index contributed by atoms with van der Waals surface area (Å²) >= 11 is 0. The first-order valence-electron chi connectivity index (χ1n) is 4.76. The number of hydrogen-bond donors (Lipinski definition) is 2. The molecule has 0 fully saturated rings. The molecule has 7 nitrogen and oxygen atoms in total. The van der Waals surface area contributed by atoms with Crippen LogP contribution in [0.3, 0.4) is 0 Å². The fourth-order valence-corrected chi connectivity index (χ4v) is 1.17. The average molecular weight is 234 g/mol. The zero-order valence-electron chi connectivity index (χ0n) is 8.79. The Morgan fingerprint density at radius 2 is 2.18 bits per heavy atom. The largest absolute Gasteiger partial charge is 0.482 e. The number of primary amides is 1. The van der Waals surface area contributed by atoms with E-state index in [-0.39, 0.29) is 18.3 Å². The predicted molar refractivity (Wildman–Crippen MR) is 58.0 cm³/mol. The number of rotatable bonds is 4. The van der Waals surface area contributed by atoms with E-state index in [0.29, 0.717) is 11.4 Å². The normalized spacial score (nSPS) is 10.1. The molecule has 4 N–H and O–H groups in total. The Morgan fingerprint density at radius 1 is 1.41 bits per heavy atom. The summed E-state index contributed by atoms with van der Waals surface area (Å²) in [6, 6.07) is 6.99. The summed E-state index contributed by atoms with van der Waals surface area (Å²) in [7, 11) is 0. The number of amides is 1. The maximum Gasteiger partial charge on any atom is 0.290 e. The highest BCUT2D eigenvalue weighted by Gasteiger charge is 2.11. The number of aromatic nitrogens is 2. The van der Waals surface area contributed by atoms with Crippen molar-refractivity contribution in [1.82, 2.24) is 10.1 Å². The molecular weight excluding hydrogens is 224 g/mol. The Labute approximate surface area is 96.4 Å². The van der Waals surface area contributed by atoms with Crippen molar-refractivity contribution in [2.45, 2.75) is 6.61 Å². The van der Waals surface area contributed by atoms with E-state index in [0.717, 1.165) is 0 Å². The molecule has 17 heavy (non-hydrogen) atoms. The lowest BCUT2D eigenvalue weighted by Crippen LogP contribution is -2.12. The van der Waals surface area contributed by atoms with Gasteiger partial charge in [0.15, 0.2) is 6.61 Å². The smallest absolute Gasteiger partial charge is 0.290 e. The van der Waals surface area contributed by atoms with Crippen LogP contribution in [0.25, 0.3) is 0 Å². The van der Waals surface area contributed by atoms with Crippen LogP contribution in [0.15, 0.2) is 28.8 Å². The maximum atomic E-state index is 10.7.